The smallest absolute Gasteiger partial charge is 0.335 e. The number of hydrogen-bond acceptors (Lipinski definition) is 7. The van der Waals surface area contributed by atoms with E-state index < -0.39 is 17.1 Å². The molecular formula is C19H13ClN4O4S. The van der Waals surface area contributed by atoms with Gasteiger partial charge in [0.05, 0.1) is 23.0 Å². The van der Waals surface area contributed by atoms with Crippen LogP contribution in [0.25, 0.3) is 15.9 Å². The van der Waals surface area contributed by atoms with Crippen LogP contribution < -0.4 is 16.0 Å². The molecule has 0 aliphatic heterocycles. The minimum Gasteiger partial charge on any atom is -0.495 e. The second kappa shape index (κ2) is 7.53. The van der Waals surface area contributed by atoms with Crippen LogP contribution in [0.5, 0.6) is 11.6 Å². The molecule has 0 amide bonds. The second-order valence-corrected chi connectivity index (χ2v) is 7.32. The van der Waals surface area contributed by atoms with E-state index in [9.17, 15) is 14.7 Å². The number of para-hydroxylation sites is 2. The Morgan fingerprint density at radius 3 is 2.86 bits per heavy atom. The largest absolute Gasteiger partial charge is 0.495 e. The number of H-pyrrole nitrogens is 1. The highest BCUT2D eigenvalue weighted by Gasteiger charge is 2.17. The number of fused-ring (bicyclic) bond motifs is 1. The van der Waals surface area contributed by atoms with E-state index in [1.807, 2.05) is 0 Å². The fourth-order valence-corrected chi connectivity index (χ4v) is 3.84. The van der Waals surface area contributed by atoms with Crippen LogP contribution in [0, 0.1) is 0 Å². The summed E-state index contributed by atoms with van der Waals surface area (Å²) in [5, 5.41) is 11.6. The van der Waals surface area contributed by atoms with E-state index in [4.69, 9.17) is 16.3 Å². The number of aromatic nitrogens is 3. The molecule has 0 saturated heterocycles. The molecule has 0 radical (unpaired) electrons. The van der Waals surface area contributed by atoms with Crippen molar-refractivity contribution >= 4 is 44.5 Å². The normalized spacial score (nSPS) is 11.4. The van der Waals surface area contributed by atoms with E-state index in [2.05, 4.69) is 15.0 Å². The summed E-state index contributed by atoms with van der Waals surface area (Å²) < 4.78 is 7.02. The van der Waals surface area contributed by atoms with Gasteiger partial charge in [0.25, 0.3) is 5.56 Å². The van der Waals surface area contributed by atoms with Gasteiger partial charge in [-0.3, -0.25) is 9.78 Å². The predicted octanol–water partition coefficient (Wildman–Crippen LogP) is 3.25. The molecule has 0 unspecified atom stereocenters. The summed E-state index contributed by atoms with van der Waals surface area (Å²) in [6, 6.07) is 11.9. The monoisotopic (exact) mass is 428 g/mol. The number of aliphatic imine (C=N–C) groups is 1. The quantitative estimate of drug-likeness (QED) is 0.485. The van der Waals surface area contributed by atoms with Gasteiger partial charge in [-0.15, -0.1) is 0 Å². The second-order valence-electron chi connectivity index (χ2n) is 5.87. The van der Waals surface area contributed by atoms with Gasteiger partial charge in [-0.1, -0.05) is 35.1 Å². The lowest BCUT2D eigenvalue weighted by Gasteiger charge is -2.12. The van der Waals surface area contributed by atoms with E-state index in [1.54, 1.807) is 42.5 Å². The molecule has 0 spiro atoms. The number of aromatic hydroxyl groups is 1. The Bertz CT molecular complexity index is 1370. The van der Waals surface area contributed by atoms with Gasteiger partial charge in [0, 0.05) is 11.2 Å². The lowest BCUT2D eigenvalue weighted by atomic mass is 10.2. The average Bonchev–Trinajstić information content (AvgIpc) is 3.09. The van der Waals surface area contributed by atoms with Crippen molar-refractivity contribution in [1.29, 1.82) is 0 Å². The van der Waals surface area contributed by atoms with Crippen molar-refractivity contribution in [3.8, 4) is 17.3 Å². The zero-order valence-electron chi connectivity index (χ0n) is 14.9. The number of benzene rings is 2. The molecule has 4 rings (SSSR count). The Hall–Kier alpha value is -3.43. The summed E-state index contributed by atoms with van der Waals surface area (Å²) in [6.07, 6.45) is 1.17. The standard InChI is InChI=1S/C19H13ClN4O4S/c1-28-14-5-3-2-4-13(14)24-17(26)11(16(25)23-19(24)27)9-21-18-22-12-7-6-10(20)8-15(12)29-18/h2-9,26H,1H3,(H,23,25,27). The van der Waals surface area contributed by atoms with Crippen molar-refractivity contribution in [3.05, 3.63) is 73.9 Å². The highest BCUT2D eigenvalue weighted by Crippen LogP contribution is 2.30. The molecule has 10 heteroatoms. The molecule has 4 aromatic rings. The Labute approximate surface area is 172 Å². The summed E-state index contributed by atoms with van der Waals surface area (Å²) in [5.41, 5.74) is -0.773. The Morgan fingerprint density at radius 2 is 2.07 bits per heavy atom. The van der Waals surface area contributed by atoms with E-state index in [0.29, 0.717) is 21.4 Å². The minimum atomic E-state index is -0.802. The van der Waals surface area contributed by atoms with Gasteiger partial charge in [0.1, 0.15) is 11.3 Å². The summed E-state index contributed by atoms with van der Waals surface area (Å²) >= 11 is 7.25. The molecule has 2 aromatic heterocycles. The predicted molar refractivity (Wildman–Crippen MR) is 113 cm³/mol. The first kappa shape index (κ1) is 18.9. The molecule has 0 fully saturated rings. The highest BCUT2D eigenvalue weighted by molar-refractivity contribution is 7.22. The summed E-state index contributed by atoms with van der Waals surface area (Å²) in [4.78, 5) is 35.3. The third-order valence-electron chi connectivity index (χ3n) is 4.09. The van der Waals surface area contributed by atoms with Crippen molar-refractivity contribution in [3.63, 3.8) is 0 Å². The van der Waals surface area contributed by atoms with Crippen LogP contribution in [0.4, 0.5) is 5.13 Å². The SMILES string of the molecule is COc1ccccc1-n1c(O)c(C=Nc2nc3ccc(Cl)cc3s2)c(=O)[nH]c1=O. The fraction of sp³-hybridized carbons (Fsp3) is 0.0526. The fourth-order valence-electron chi connectivity index (χ4n) is 2.75. The van der Waals surface area contributed by atoms with Gasteiger partial charge in [-0.2, -0.15) is 0 Å². The lowest BCUT2D eigenvalue weighted by molar-refractivity contribution is 0.401. The van der Waals surface area contributed by atoms with E-state index >= 15 is 0 Å². The van der Waals surface area contributed by atoms with Crippen LogP contribution >= 0.6 is 22.9 Å². The Kier molecular flexibility index (Phi) is 4.91. The molecule has 29 heavy (non-hydrogen) atoms. The van der Waals surface area contributed by atoms with Crippen LogP contribution in [0.2, 0.25) is 5.02 Å². The topological polar surface area (TPSA) is 110 Å². The summed E-state index contributed by atoms with van der Waals surface area (Å²) in [6.45, 7) is 0. The number of thiazole rings is 1. The van der Waals surface area contributed by atoms with E-state index in [0.717, 1.165) is 9.27 Å². The molecule has 0 bridgehead atoms. The van der Waals surface area contributed by atoms with Crippen molar-refractivity contribution < 1.29 is 9.84 Å². The van der Waals surface area contributed by atoms with Gasteiger partial charge in [-0.25, -0.2) is 19.3 Å². The van der Waals surface area contributed by atoms with Crippen molar-refractivity contribution in [2.24, 2.45) is 4.99 Å². The summed E-state index contributed by atoms with van der Waals surface area (Å²) in [7, 11) is 1.44. The Morgan fingerprint density at radius 1 is 1.28 bits per heavy atom. The molecule has 146 valence electrons. The number of nitrogens with one attached hydrogen (secondary N) is 1. The van der Waals surface area contributed by atoms with Gasteiger partial charge < -0.3 is 9.84 Å². The molecule has 8 nitrogen and oxygen atoms in total. The molecule has 0 aliphatic rings. The molecule has 2 N–H and O–H groups in total. The van der Waals surface area contributed by atoms with E-state index in [1.165, 1.54) is 24.7 Å². The third-order valence-corrected chi connectivity index (χ3v) is 5.25. The lowest BCUT2D eigenvalue weighted by Crippen LogP contribution is -2.31. The number of hydrogen-bond donors (Lipinski definition) is 2. The van der Waals surface area contributed by atoms with E-state index in [-0.39, 0.29) is 11.3 Å². The highest BCUT2D eigenvalue weighted by atomic mass is 35.5. The first-order valence-corrected chi connectivity index (χ1v) is 9.49. The first-order chi connectivity index (χ1) is 14.0. The van der Waals surface area contributed by atoms with Crippen LogP contribution in [0.3, 0.4) is 0 Å². The minimum absolute atomic E-state index is 0.187. The van der Waals surface area contributed by atoms with Crippen LogP contribution in [0.1, 0.15) is 5.56 Å². The van der Waals surface area contributed by atoms with Gasteiger partial charge >= 0.3 is 5.69 Å². The number of aromatic amines is 1. The molecule has 2 aromatic carbocycles. The number of methoxy groups -OCH3 is 1. The maximum absolute atomic E-state index is 12.3. The maximum atomic E-state index is 12.3. The molecule has 2 heterocycles. The van der Waals surface area contributed by atoms with Gasteiger partial charge in [-0.05, 0) is 30.3 Å². The molecule has 0 aliphatic carbocycles. The van der Waals surface area contributed by atoms with Crippen molar-refractivity contribution in [2.45, 2.75) is 0 Å². The number of rotatable bonds is 4. The van der Waals surface area contributed by atoms with Crippen molar-refractivity contribution in [1.82, 2.24) is 14.5 Å². The zero-order chi connectivity index (χ0) is 20.5. The third kappa shape index (κ3) is 3.53. The molecular weight excluding hydrogens is 416 g/mol. The van der Waals surface area contributed by atoms with Gasteiger partial charge in [0.15, 0.2) is 0 Å². The maximum Gasteiger partial charge on any atom is 0.335 e. The van der Waals surface area contributed by atoms with Crippen LogP contribution in [-0.4, -0.2) is 33.0 Å². The average molecular weight is 429 g/mol. The number of ether oxygens (including phenoxy) is 1. The first-order valence-electron chi connectivity index (χ1n) is 8.30. The number of nitrogens with zero attached hydrogens (tertiary/aromatic N) is 3. The number of halogens is 1. The van der Waals surface area contributed by atoms with Gasteiger partial charge in [0.2, 0.25) is 11.0 Å². The molecule has 0 saturated carbocycles. The summed E-state index contributed by atoms with van der Waals surface area (Å²) in [5.74, 6) is -0.209. The molecule has 0 atom stereocenters. The van der Waals surface area contributed by atoms with Crippen molar-refractivity contribution in [2.75, 3.05) is 7.11 Å². The van der Waals surface area contributed by atoms with Crippen LogP contribution in [-0.2, 0) is 0 Å². The van der Waals surface area contributed by atoms with Crippen LogP contribution in [0.15, 0.2) is 57.0 Å². The Balaban J connectivity index is 1.82. The zero-order valence-corrected chi connectivity index (χ0v) is 16.5.